The fraction of sp³-hybridized carbons (Fsp3) is 0.318. The average molecular weight is 366 g/mol. The summed E-state index contributed by atoms with van der Waals surface area (Å²) in [7, 11) is 0. The largest absolute Gasteiger partial charge is 0.481 e. The molecule has 134 valence electrons. The van der Waals surface area contributed by atoms with E-state index in [9.17, 15) is 9.90 Å². The highest BCUT2D eigenvalue weighted by atomic mass is 32.2. The molecule has 0 saturated heterocycles. The Morgan fingerprint density at radius 1 is 1.35 bits per heavy atom. The molecule has 1 heterocycles. The van der Waals surface area contributed by atoms with Gasteiger partial charge in [0.05, 0.1) is 11.8 Å². The van der Waals surface area contributed by atoms with Gasteiger partial charge in [0.25, 0.3) is 0 Å². The molecule has 0 bridgehead atoms. The van der Waals surface area contributed by atoms with Gasteiger partial charge >= 0.3 is 5.97 Å². The van der Waals surface area contributed by atoms with E-state index in [-0.39, 0.29) is 12.3 Å². The molecule has 0 aliphatic carbocycles. The number of rotatable bonds is 7. The molecule has 0 aliphatic heterocycles. The van der Waals surface area contributed by atoms with Crippen LogP contribution in [0.15, 0.2) is 39.8 Å². The molecule has 4 heteroatoms. The van der Waals surface area contributed by atoms with Crippen molar-refractivity contribution in [1.82, 2.24) is 0 Å². The van der Waals surface area contributed by atoms with Crippen LogP contribution < -0.4 is 0 Å². The van der Waals surface area contributed by atoms with Gasteiger partial charge in [-0.05, 0) is 35.4 Å². The van der Waals surface area contributed by atoms with Crippen molar-refractivity contribution in [3.8, 4) is 24.7 Å². The minimum atomic E-state index is -1.16. The highest BCUT2D eigenvalue weighted by Crippen LogP contribution is 2.39. The van der Waals surface area contributed by atoms with Crippen molar-refractivity contribution < 1.29 is 14.3 Å². The Hall–Kier alpha value is -2.56. The lowest BCUT2D eigenvalue weighted by Crippen LogP contribution is -2.43. The van der Waals surface area contributed by atoms with E-state index in [0.717, 1.165) is 10.5 Å². The Morgan fingerprint density at radius 3 is 2.62 bits per heavy atom. The Kier molecular flexibility index (Phi) is 6.24. The van der Waals surface area contributed by atoms with Crippen LogP contribution in [-0.4, -0.2) is 17.3 Å². The van der Waals surface area contributed by atoms with Gasteiger partial charge in [0, 0.05) is 17.7 Å². The maximum atomic E-state index is 12.5. The first-order valence-electron chi connectivity index (χ1n) is 8.27. The first-order valence-corrected chi connectivity index (χ1v) is 9.50. The van der Waals surface area contributed by atoms with Gasteiger partial charge in [-0.3, -0.25) is 4.79 Å². The second kappa shape index (κ2) is 8.21. The van der Waals surface area contributed by atoms with Crippen LogP contribution in [0.4, 0.5) is 0 Å². The molecule has 1 unspecified atom stereocenters. The topological polar surface area (TPSA) is 50.4 Å². The molecule has 3 nitrogen and oxygen atoms in total. The summed E-state index contributed by atoms with van der Waals surface area (Å²) in [6.45, 7) is 3.80. The first-order chi connectivity index (χ1) is 12.4. The quantitative estimate of drug-likeness (QED) is 0.584. The smallest absolute Gasteiger partial charge is 0.314 e. The van der Waals surface area contributed by atoms with Crippen molar-refractivity contribution in [2.75, 3.05) is 6.26 Å². The molecule has 0 amide bonds. The Balaban J connectivity index is 2.66. The summed E-state index contributed by atoms with van der Waals surface area (Å²) in [6, 6.07) is 7.41. The van der Waals surface area contributed by atoms with Gasteiger partial charge < -0.3 is 9.52 Å². The standard InChI is InChI=1S/C22H22O3S/c1-6-8-17-13-18(9-10-20(17)26-5)22(15(3)4,21(23)24)14-19-16(7-2)11-12-25-19/h1-2,9-13,15H,8,14H2,3-5H3,(H,23,24). The van der Waals surface area contributed by atoms with Crippen LogP contribution in [0.2, 0.25) is 0 Å². The summed E-state index contributed by atoms with van der Waals surface area (Å²) in [5, 5.41) is 10.2. The maximum absolute atomic E-state index is 12.5. The van der Waals surface area contributed by atoms with Gasteiger partial charge in [0.1, 0.15) is 11.2 Å². The lowest BCUT2D eigenvalue weighted by atomic mass is 9.68. The second-order valence-electron chi connectivity index (χ2n) is 6.42. The normalized spacial score (nSPS) is 13.0. The number of hydrogen-bond acceptors (Lipinski definition) is 3. The van der Waals surface area contributed by atoms with E-state index in [1.165, 1.54) is 6.26 Å². The van der Waals surface area contributed by atoms with E-state index < -0.39 is 11.4 Å². The third-order valence-corrected chi connectivity index (χ3v) is 5.63. The van der Waals surface area contributed by atoms with Gasteiger partial charge in [0.15, 0.2) is 0 Å². The molecule has 1 N–H and O–H groups in total. The molecular formula is C22H22O3S. The molecule has 0 saturated carbocycles. The van der Waals surface area contributed by atoms with Crippen molar-refractivity contribution in [1.29, 1.82) is 0 Å². The van der Waals surface area contributed by atoms with E-state index in [1.54, 1.807) is 17.8 Å². The Morgan fingerprint density at radius 2 is 2.08 bits per heavy atom. The fourth-order valence-corrected chi connectivity index (χ4v) is 3.85. The van der Waals surface area contributed by atoms with Crippen molar-refractivity contribution in [3.63, 3.8) is 0 Å². The zero-order valence-corrected chi connectivity index (χ0v) is 16.0. The van der Waals surface area contributed by atoms with E-state index in [1.807, 2.05) is 38.3 Å². The van der Waals surface area contributed by atoms with Crippen molar-refractivity contribution >= 4 is 17.7 Å². The molecule has 2 aromatic rings. The average Bonchev–Trinajstić information content (AvgIpc) is 3.06. The van der Waals surface area contributed by atoms with Gasteiger partial charge in [-0.25, -0.2) is 0 Å². The van der Waals surface area contributed by atoms with Gasteiger partial charge in [0.2, 0.25) is 0 Å². The Labute approximate surface area is 159 Å². The summed E-state index contributed by atoms with van der Waals surface area (Å²) >= 11 is 1.59. The summed E-state index contributed by atoms with van der Waals surface area (Å²) in [5.41, 5.74) is 1.09. The second-order valence-corrected chi connectivity index (χ2v) is 7.27. The molecule has 26 heavy (non-hydrogen) atoms. The first kappa shape index (κ1) is 19.8. The minimum Gasteiger partial charge on any atom is -0.481 e. The van der Waals surface area contributed by atoms with Gasteiger partial charge in [-0.15, -0.1) is 30.5 Å². The summed E-state index contributed by atoms with van der Waals surface area (Å²) in [6.07, 6.45) is 15.1. The van der Waals surface area contributed by atoms with Crippen molar-refractivity contribution in [2.45, 2.75) is 37.0 Å². The predicted octanol–water partition coefficient (Wildman–Crippen LogP) is 4.38. The fourth-order valence-electron chi connectivity index (χ4n) is 3.25. The van der Waals surface area contributed by atoms with Gasteiger partial charge in [-0.2, -0.15) is 0 Å². The molecule has 0 aliphatic rings. The highest BCUT2D eigenvalue weighted by Gasteiger charge is 2.45. The van der Waals surface area contributed by atoms with E-state index in [0.29, 0.717) is 23.3 Å². The number of carboxylic acids is 1. The maximum Gasteiger partial charge on any atom is 0.314 e. The van der Waals surface area contributed by atoms with Crippen molar-refractivity contribution in [3.05, 3.63) is 53.0 Å². The lowest BCUT2D eigenvalue weighted by Gasteiger charge is -2.34. The summed E-state index contributed by atoms with van der Waals surface area (Å²) < 4.78 is 5.51. The number of carboxylic acid groups (broad SMARTS) is 1. The predicted molar refractivity (Wildman–Crippen MR) is 105 cm³/mol. The molecule has 1 aromatic carbocycles. The molecule has 1 aromatic heterocycles. The molecule has 0 spiro atoms. The zero-order chi connectivity index (χ0) is 19.3. The lowest BCUT2D eigenvalue weighted by molar-refractivity contribution is -0.146. The summed E-state index contributed by atoms with van der Waals surface area (Å²) in [4.78, 5) is 13.5. The number of benzene rings is 1. The molecule has 0 radical (unpaired) electrons. The van der Waals surface area contributed by atoms with E-state index >= 15 is 0 Å². The number of terminal acetylenes is 2. The molecule has 2 rings (SSSR count). The molecule has 0 fully saturated rings. The van der Waals surface area contributed by atoms with Crippen LogP contribution in [0.5, 0.6) is 0 Å². The van der Waals surface area contributed by atoms with E-state index in [2.05, 4.69) is 11.8 Å². The van der Waals surface area contributed by atoms with Gasteiger partial charge in [-0.1, -0.05) is 31.9 Å². The number of aliphatic carboxylic acids is 1. The summed E-state index contributed by atoms with van der Waals surface area (Å²) in [5.74, 6) is 4.63. The Bertz CT molecular complexity index is 880. The number of thioether (sulfide) groups is 1. The minimum absolute atomic E-state index is 0.181. The van der Waals surface area contributed by atoms with Crippen LogP contribution in [0.1, 0.15) is 36.3 Å². The third kappa shape index (κ3) is 3.52. The van der Waals surface area contributed by atoms with Crippen LogP contribution in [0.3, 0.4) is 0 Å². The van der Waals surface area contributed by atoms with Crippen LogP contribution in [0, 0.1) is 30.6 Å². The SMILES string of the molecule is C#CCc1cc(C(Cc2occc2C#C)(C(=O)O)C(C)C)ccc1SC. The number of hydrogen-bond donors (Lipinski definition) is 1. The van der Waals surface area contributed by atoms with Crippen LogP contribution >= 0.6 is 11.8 Å². The van der Waals surface area contributed by atoms with Crippen LogP contribution in [-0.2, 0) is 23.1 Å². The molecule has 1 atom stereocenters. The van der Waals surface area contributed by atoms with Crippen LogP contribution in [0.25, 0.3) is 0 Å². The van der Waals surface area contributed by atoms with E-state index in [4.69, 9.17) is 17.3 Å². The zero-order valence-electron chi connectivity index (χ0n) is 15.2. The number of furan rings is 1. The highest BCUT2D eigenvalue weighted by molar-refractivity contribution is 7.98. The molecular weight excluding hydrogens is 344 g/mol. The van der Waals surface area contributed by atoms with Crippen molar-refractivity contribution in [2.24, 2.45) is 5.92 Å². The number of carbonyl (C=O) groups is 1. The third-order valence-electron chi connectivity index (χ3n) is 4.80. The monoisotopic (exact) mass is 366 g/mol.